The highest BCUT2D eigenvalue weighted by molar-refractivity contribution is 7.10. The molecular weight excluding hydrogens is 324 g/mol. The van der Waals surface area contributed by atoms with Crippen LogP contribution in [0.2, 0.25) is 0 Å². The van der Waals surface area contributed by atoms with E-state index in [0.29, 0.717) is 17.9 Å². The highest BCUT2D eigenvalue weighted by Gasteiger charge is 2.20. The van der Waals surface area contributed by atoms with Crippen molar-refractivity contribution in [2.24, 2.45) is 5.92 Å². The van der Waals surface area contributed by atoms with Crippen LogP contribution in [0.25, 0.3) is 0 Å². The van der Waals surface area contributed by atoms with Crippen LogP contribution in [0.15, 0.2) is 41.8 Å². The molecule has 6 heteroatoms. The summed E-state index contributed by atoms with van der Waals surface area (Å²) in [4.78, 5) is 25.2. The number of hydrogen-bond donors (Lipinski definition) is 2. The Morgan fingerprint density at radius 3 is 2.62 bits per heavy atom. The third-order valence-electron chi connectivity index (χ3n) is 3.45. The van der Waals surface area contributed by atoms with Crippen LogP contribution in [-0.2, 0) is 4.74 Å². The summed E-state index contributed by atoms with van der Waals surface area (Å²) < 4.78 is 4.84. The van der Waals surface area contributed by atoms with Crippen LogP contribution in [0.5, 0.6) is 0 Å². The number of thiophene rings is 1. The van der Waals surface area contributed by atoms with Gasteiger partial charge in [-0.05, 0) is 42.5 Å². The van der Waals surface area contributed by atoms with Crippen molar-refractivity contribution in [3.05, 3.63) is 52.2 Å². The molecule has 128 valence electrons. The molecule has 0 fully saturated rings. The van der Waals surface area contributed by atoms with Crippen molar-refractivity contribution >= 4 is 29.0 Å². The quantitative estimate of drug-likeness (QED) is 0.812. The van der Waals surface area contributed by atoms with Crippen molar-refractivity contribution in [3.8, 4) is 0 Å². The van der Waals surface area contributed by atoms with Gasteiger partial charge in [0, 0.05) is 16.1 Å². The van der Waals surface area contributed by atoms with E-state index in [4.69, 9.17) is 4.74 Å². The molecule has 0 saturated heterocycles. The zero-order chi connectivity index (χ0) is 17.5. The summed E-state index contributed by atoms with van der Waals surface area (Å²) in [6, 6.07) is 10.8. The summed E-state index contributed by atoms with van der Waals surface area (Å²) in [5, 5.41) is 7.67. The van der Waals surface area contributed by atoms with Gasteiger partial charge in [0.15, 0.2) is 0 Å². The second-order valence-electron chi connectivity index (χ2n) is 5.64. The van der Waals surface area contributed by atoms with Crippen LogP contribution in [0.1, 0.15) is 42.0 Å². The molecule has 0 aliphatic heterocycles. The molecule has 0 saturated carbocycles. The van der Waals surface area contributed by atoms with Gasteiger partial charge in [0.05, 0.1) is 12.6 Å². The number of anilines is 1. The van der Waals surface area contributed by atoms with E-state index in [2.05, 4.69) is 24.5 Å². The molecule has 2 rings (SSSR count). The van der Waals surface area contributed by atoms with Crippen molar-refractivity contribution < 1.29 is 14.3 Å². The molecule has 0 radical (unpaired) electrons. The summed E-state index contributed by atoms with van der Waals surface area (Å²) in [5.74, 6) is 0.100. The van der Waals surface area contributed by atoms with Crippen molar-refractivity contribution in [1.82, 2.24) is 5.32 Å². The molecule has 0 aliphatic carbocycles. The Hall–Kier alpha value is -2.34. The minimum absolute atomic E-state index is 0.0424. The molecule has 5 nitrogen and oxygen atoms in total. The van der Waals surface area contributed by atoms with E-state index in [1.807, 2.05) is 17.5 Å². The number of benzene rings is 1. The van der Waals surface area contributed by atoms with E-state index in [9.17, 15) is 9.59 Å². The largest absolute Gasteiger partial charge is 0.450 e. The molecular formula is C18H22N2O3S. The van der Waals surface area contributed by atoms with Gasteiger partial charge in [0.1, 0.15) is 0 Å². The van der Waals surface area contributed by atoms with E-state index in [1.165, 1.54) is 0 Å². The fourth-order valence-electron chi connectivity index (χ4n) is 2.28. The Kier molecular flexibility index (Phi) is 6.37. The standard InChI is InChI=1S/C18H22N2O3S/c1-4-23-18(22)19-14-8-5-7-13(11-14)17(21)20-16(12(2)3)15-9-6-10-24-15/h5-12,16H,4H2,1-3H3,(H,19,22)(H,20,21)/t16-/m1/s1. The zero-order valence-corrected chi connectivity index (χ0v) is 14.9. The highest BCUT2D eigenvalue weighted by Crippen LogP contribution is 2.26. The highest BCUT2D eigenvalue weighted by atomic mass is 32.1. The van der Waals surface area contributed by atoms with Gasteiger partial charge >= 0.3 is 6.09 Å². The van der Waals surface area contributed by atoms with Crippen LogP contribution >= 0.6 is 11.3 Å². The SMILES string of the molecule is CCOC(=O)Nc1cccc(C(=O)N[C@@H](c2cccs2)C(C)C)c1. The number of hydrogen-bond acceptors (Lipinski definition) is 4. The van der Waals surface area contributed by atoms with Crippen LogP contribution in [0, 0.1) is 5.92 Å². The van der Waals surface area contributed by atoms with Crippen molar-refractivity contribution in [2.45, 2.75) is 26.8 Å². The smallest absolute Gasteiger partial charge is 0.411 e. The second-order valence-corrected chi connectivity index (χ2v) is 6.62. The topological polar surface area (TPSA) is 67.4 Å². The first-order valence-electron chi connectivity index (χ1n) is 7.89. The lowest BCUT2D eigenvalue weighted by atomic mass is 10.0. The van der Waals surface area contributed by atoms with Gasteiger partial charge in [-0.25, -0.2) is 4.79 Å². The fourth-order valence-corrected chi connectivity index (χ4v) is 3.23. The molecule has 2 N–H and O–H groups in total. The molecule has 0 aliphatic rings. The maximum atomic E-state index is 12.6. The second kappa shape index (κ2) is 8.49. The third kappa shape index (κ3) is 4.83. The average Bonchev–Trinajstić information content (AvgIpc) is 3.06. The van der Waals surface area contributed by atoms with Crippen LogP contribution < -0.4 is 10.6 Å². The monoisotopic (exact) mass is 346 g/mol. The van der Waals surface area contributed by atoms with Crippen LogP contribution in [0.4, 0.5) is 10.5 Å². The lowest BCUT2D eigenvalue weighted by Crippen LogP contribution is -2.31. The van der Waals surface area contributed by atoms with E-state index in [-0.39, 0.29) is 17.9 Å². The van der Waals surface area contributed by atoms with Gasteiger partial charge in [-0.1, -0.05) is 26.0 Å². The van der Waals surface area contributed by atoms with Gasteiger partial charge in [-0.15, -0.1) is 11.3 Å². The lowest BCUT2D eigenvalue weighted by Gasteiger charge is -2.21. The number of rotatable bonds is 6. The number of carbonyl (C=O) groups is 2. The molecule has 2 aromatic rings. The Labute approximate surface area is 146 Å². The van der Waals surface area contributed by atoms with Gasteiger partial charge in [-0.2, -0.15) is 0 Å². The molecule has 0 bridgehead atoms. The Balaban J connectivity index is 2.10. The lowest BCUT2D eigenvalue weighted by molar-refractivity contribution is 0.0926. The zero-order valence-electron chi connectivity index (χ0n) is 14.0. The molecule has 0 unspecified atom stereocenters. The first kappa shape index (κ1) is 18.0. The van der Waals surface area contributed by atoms with E-state index < -0.39 is 6.09 Å². The molecule has 1 heterocycles. The molecule has 0 spiro atoms. The van der Waals surface area contributed by atoms with Gasteiger partial charge in [0.25, 0.3) is 5.91 Å². The van der Waals surface area contributed by atoms with Gasteiger partial charge < -0.3 is 10.1 Å². The maximum Gasteiger partial charge on any atom is 0.411 e. The minimum Gasteiger partial charge on any atom is -0.450 e. The van der Waals surface area contributed by atoms with Crippen molar-refractivity contribution in [1.29, 1.82) is 0 Å². The number of nitrogens with one attached hydrogen (secondary N) is 2. The van der Waals surface area contributed by atoms with Crippen molar-refractivity contribution in [2.75, 3.05) is 11.9 Å². The van der Waals surface area contributed by atoms with Crippen molar-refractivity contribution in [3.63, 3.8) is 0 Å². The van der Waals surface area contributed by atoms with Gasteiger partial charge in [0.2, 0.25) is 0 Å². The van der Waals surface area contributed by atoms with Crippen LogP contribution in [0.3, 0.4) is 0 Å². The predicted octanol–water partition coefficient (Wildman–Crippen LogP) is 4.44. The van der Waals surface area contributed by atoms with Crippen LogP contribution in [-0.4, -0.2) is 18.6 Å². The Morgan fingerprint density at radius 1 is 1.21 bits per heavy atom. The van der Waals surface area contributed by atoms with Gasteiger partial charge in [-0.3, -0.25) is 10.1 Å². The summed E-state index contributed by atoms with van der Waals surface area (Å²) in [6.07, 6.45) is -0.534. The minimum atomic E-state index is -0.534. The number of amides is 2. The molecule has 24 heavy (non-hydrogen) atoms. The number of ether oxygens (including phenoxy) is 1. The molecule has 1 aromatic carbocycles. The first-order valence-corrected chi connectivity index (χ1v) is 8.77. The average molecular weight is 346 g/mol. The first-order chi connectivity index (χ1) is 11.5. The third-order valence-corrected chi connectivity index (χ3v) is 4.40. The van der Waals surface area contributed by atoms with E-state index in [1.54, 1.807) is 42.5 Å². The molecule has 1 atom stereocenters. The maximum absolute atomic E-state index is 12.6. The Bertz CT molecular complexity index is 683. The van der Waals surface area contributed by atoms with E-state index in [0.717, 1.165) is 4.88 Å². The summed E-state index contributed by atoms with van der Waals surface area (Å²) in [7, 11) is 0. The normalized spacial score (nSPS) is 11.8. The molecule has 2 amide bonds. The Morgan fingerprint density at radius 2 is 2.00 bits per heavy atom. The fraction of sp³-hybridized carbons (Fsp3) is 0.333. The summed E-state index contributed by atoms with van der Waals surface area (Å²) in [5.41, 5.74) is 1.02. The predicted molar refractivity (Wildman–Crippen MR) is 96.5 cm³/mol. The summed E-state index contributed by atoms with van der Waals surface area (Å²) >= 11 is 1.63. The summed E-state index contributed by atoms with van der Waals surface area (Å²) in [6.45, 7) is 6.18. The molecule has 1 aromatic heterocycles. The van der Waals surface area contributed by atoms with E-state index >= 15 is 0 Å². The number of carbonyl (C=O) groups excluding carboxylic acids is 2.